The number of pyridine rings is 1. The predicted molar refractivity (Wildman–Crippen MR) is 62.0 cm³/mol. The third kappa shape index (κ3) is 1.70. The molecule has 7 heteroatoms. The van der Waals surface area contributed by atoms with Crippen LogP contribution in [0.4, 0.5) is 0 Å². The van der Waals surface area contributed by atoms with Gasteiger partial charge in [-0.15, -0.1) is 5.10 Å². The van der Waals surface area contributed by atoms with Gasteiger partial charge in [-0.25, -0.2) is 18.1 Å². The Hall–Kier alpha value is -1.50. The van der Waals surface area contributed by atoms with Gasteiger partial charge in [-0.2, -0.15) is 0 Å². The van der Waals surface area contributed by atoms with Gasteiger partial charge in [0.15, 0.2) is 20.9 Å². The second kappa shape index (κ2) is 3.76. The van der Waals surface area contributed by atoms with Crippen molar-refractivity contribution in [3.63, 3.8) is 0 Å². The number of sulfone groups is 1. The minimum absolute atomic E-state index is 0.228. The van der Waals surface area contributed by atoms with E-state index in [1.165, 1.54) is 4.68 Å². The molecule has 3 heterocycles. The predicted octanol–water partition coefficient (Wildman–Crippen LogP) is 0.924. The monoisotopic (exact) mass is 252 g/mol. The fraction of sp³-hybridized carbons (Fsp3) is 0.500. The molecule has 0 aromatic carbocycles. The largest absolute Gasteiger partial charge is 0.235 e. The third-order valence-electron chi connectivity index (χ3n) is 3.05. The summed E-state index contributed by atoms with van der Waals surface area (Å²) in [6.07, 6.45) is 3.85. The van der Waals surface area contributed by atoms with E-state index < -0.39 is 15.2 Å². The second-order valence-corrected chi connectivity index (χ2v) is 6.48. The molecule has 1 atom stereocenters. The van der Waals surface area contributed by atoms with E-state index in [9.17, 15) is 8.42 Å². The van der Waals surface area contributed by atoms with Crippen LogP contribution in [0.5, 0.6) is 0 Å². The first-order valence-corrected chi connectivity index (χ1v) is 7.27. The van der Waals surface area contributed by atoms with Crippen molar-refractivity contribution in [1.29, 1.82) is 0 Å². The Labute approximate surface area is 98.6 Å². The zero-order chi connectivity index (χ0) is 11.9. The zero-order valence-electron chi connectivity index (χ0n) is 9.15. The first-order chi connectivity index (χ1) is 8.18. The highest BCUT2D eigenvalue weighted by atomic mass is 32.2. The average molecular weight is 252 g/mol. The smallest absolute Gasteiger partial charge is 0.179 e. The van der Waals surface area contributed by atoms with E-state index in [-0.39, 0.29) is 5.75 Å². The summed E-state index contributed by atoms with van der Waals surface area (Å²) in [6.45, 7) is 0. The first-order valence-electron chi connectivity index (χ1n) is 5.56. The highest BCUT2D eigenvalue weighted by molar-refractivity contribution is 7.91. The first kappa shape index (κ1) is 10.6. The highest BCUT2D eigenvalue weighted by Gasteiger charge is 2.32. The molecule has 1 aliphatic heterocycles. The molecule has 0 amide bonds. The molecular formula is C10H12N4O2S. The molecule has 0 bridgehead atoms. The summed E-state index contributed by atoms with van der Waals surface area (Å²) in [7, 11) is -3.12. The number of rotatable bonds is 1. The maximum absolute atomic E-state index is 12.0. The molecule has 6 nitrogen and oxygen atoms in total. The molecular weight excluding hydrogens is 240 g/mol. The number of fused-ring (bicyclic) bond motifs is 1. The Bertz CT molecular complexity index is 649. The molecule has 1 saturated heterocycles. The number of hydrogen-bond acceptors (Lipinski definition) is 5. The third-order valence-corrected chi connectivity index (χ3v) is 5.17. The van der Waals surface area contributed by atoms with Gasteiger partial charge in [0.2, 0.25) is 0 Å². The van der Waals surface area contributed by atoms with E-state index >= 15 is 0 Å². The van der Waals surface area contributed by atoms with Gasteiger partial charge in [-0.05, 0) is 31.4 Å². The average Bonchev–Trinajstić information content (AvgIpc) is 2.72. The molecule has 2 aromatic rings. The lowest BCUT2D eigenvalue weighted by atomic mass is 10.2. The molecule has 90 valence electrons. The molecule has 0 N–H and O–H groups in total. The van der Waals surface area contributed by atoms with Crippen LogP contribution in [0, 0.1) is 0 Å². The lowest BCUT2D eigenvalue weighted by Gasteiger charge is -2.21. The molecule has 0 radical (unpaired) electrons. The van der Waals surface area contributed by atoms with Gasteiger partial charge in [-0.1, -0.05) is 5.21 Å². The molecule has 17 heavy (non-hydrogen) atoms. The summed E-state index contributed by atoms with van der Waals surface area (Å²) in [5.41, 5.74) is 1.18. The molecule has 1 fully saturated rings. The van der Waals surface area contributed by atoms with Gasteiger partial charge in [0, 0.05) is 6.20 Å². The lowest BCUT2D eigenvalue weighted by Crippen LogP contribution is -2.27. The van der Waals surface area contributed by atoms with Crippen LogP contribution in [0.2, 0.25) is 0 Å². The lowest BCUT2D eigenvalue weighted by molar-refractivity contribution is 0.463. The summed E-state index contributed by atoms with van der Waals surface area (Å²) in [4.78, 5) is 4.16. The quantitative estimate of drug-likeness (QED) is 0.754. The van der Waals surface area contributed by atoms with Crippen molar-refractivity contribution in [2.45, 2.75) is 24.6 Å². The van der Waals surface area contributed by atoms with E-state index in [0.29, 0.717) is 17.6 Å². The fourth-order valence-corrected chi connectivity index (χ4v) is 4.04. The minimum Gasteiger partial charge on any atom is -0.235 e. The Morgan fingerprint density at radius 1 is 1.35 bits per heavy atom. The van der Waals surface area contributed by atoms with Crippen LogP contribution in [-0.4, -0.2) is 34.1 Å². The Morgan fingerprint density at radius 2 is 2.24 bits per heavy atom. The van der Waals surface area contributed by atoms with Crippen LogP contribution in [0.15, 0.2) is 18.3 Å². The van der Waals surface area contributed by atoms with Crippen LogP contribution in [0.3, 0.4) is 0 Å². The summed E-state index contributed by atoms with van der Waals surface area (Å²) >= 11 is 0. The van der Waals surface area contributed by atoms with Crippen LogP contribution < -0.4 is 0 Å². The van der Waals surface area contributed by atoms with E-state index in [2.05, 4.69) is 15.3 Å². The van der Waals surface area contributed by atoms with Gasteiger partial charge in [0.1, 0.15) is 5.52 Å². The number of hydrogen-bond donors (Lipinski definition) is 0. The molecule has 3 rings (SSSR count). The number of nitrogens with zero attached hydrogens (tertiary/aromatic N) is 4. The van der Waals surface area contributed by atoms with Gasteiger partial charge in [-0.3, -0.25) is 0 Å². The van der Waals surface area contributed by atoms with Crippen molar-refractivity contribution in [3.05, 3.63) is 18.3 Å². The molecule has 0 aliphatic carbocycles. The van der Waals surface area contributed by atoms with Gasteiger partial charge in [0.05, 0.1) is 5.75 Å². The SMILES string of the molecule is O=S1(=O)CCCCC1n1nnc2cccnc21. The molecule has 1 aliphatic rings. The Morgan fingerprint density at radius 3 is 3.06 bits per heavy atom. The zero-order valence-corrected chi connectivity index (χ0v) is 9.97. The molecule has 0 saturated carbocycles. The van der Waals surface area contributed by atoms with E-state index in [4.69, 9.17) is 0 Å². The summed E-state index contributed by atoms with van der Waals surface area (Å²) < 4.78 is 25.5. The molecule has 1 unspecified atom stereocenters. The Balaban J connectivity index is 2.15. The van der Waals surface area contributed by atoms with Crippen molar-refractivity contribution >= 4 is 21.0 Å². The van der Waals surface area contributed by atoms with Crippen molar-refractivity contribution in [2.24, 2.45) is 0 Å². The standard InChI is InChI=1S/C10H12N4O2S/c15-17(16)7-2-1-5-9(17)14-10-8(12-13-14)4-3-6-11-10/h3-4,6,9H,1-2,5,7H2. The maximum atomic E-state index is 12.0. The number of aromatic nitrogens is 4. The second-order valence-electron chi connectivity index (χ2n) is 4.20. The van der Waals surface area contributed by atoms with Crippen LogP contribution in [0.25, 0.3) is 11.2 Å². The summed E-state index contributed by atoms with van der Waals surface area (Å²) in [5, 5.41) is 7.28. The van der Waals surface area contributed by atoms with Crippen LogP contribution in [-0.2, 0) is 9.84 Å². The Kier molecular flexibility index (Phi) is 2.36. The van der Waals surface area contributed by atoms with Crippen molar-refractivity contribution in [2.75, 3.05) is 5.75 Å². The van der Waals surface area contributed by atoms with Gasteiger partial charge < -0.3 is 0 Å². The van der Waals surface area contributed by atoms with Crippen molar-refractivity contribution < 1.29 is 8.42 Å². The molecule has 0 spiro atoms. The van der Waals surface area contributed by atoms with Crippen LogP contribution >= 0.6 is 0 Å². The van der Waals surface area contributed by atoms with Crippen molar-refractivity contribution in [1.82, 2.24) is 20.0 Å². The highest BCUT2D eigenvalue weighted by Crippen LogP contribution is 2.29. The fourth-order valence-electron chi connectivity index (χ4n) is 2.19. The molecule has 2 aromatic heterocycles. The minimum atomic E-state index is -3.12. The van der Waals surface area contributed by atoms with Gasteiger partial charge >= 0.3 is 0 Å². The van der Waals surface area contributed by atoms with Crippen LogP contribution in [0.1, 0.15) is 24.6 Å². The van der Waals surface area contributed by atoms with Gasteiger partial charge in [0.25, 0.3) is 0 Å². The van der Waals surface area contributed by atoms with E-state index in [0.717, 1.165) is 12.8 Å². The maximum Gasteiger partial charge on any atom is 0.179 e. The summed E-state index contributed by atoms with van der Waals surface area (Å²) in [5.74, 6) is 0.228. The van der Waals surface area contributed by atoms with Crippen molar-refractivity contribution in [3.8, 4) is 0 Å². The normalized spacial score (nSPS) is 23.9. The van der Waals surface area contributed by atoms with E-state index in [1.807, 2.05) is 0 Å². The van der Waals surface area contributed by atoms with E-state index in [1.54, 1.807) is 18.3 Å². The topological polar surface area (TPSA) is 77.7 Å². The summed E-state index contributed by atoms with van der Waals surface area (Å²) in [6, 6.07) is 3.54.